The summed E-state index contributed by atoms with van der Waals surface area (Å²) in [5.41, 5.74) is 1.66. The Morgan fingerprint density at radius 2 is 1.90 bits per heavy atom. The Balaban J connectivity index is 2.66. The molecule has 0 spiro atoms. The second kappa shape index (κ2) is 8.14. The highest BCUT2D eigenvalue weighted by Gasteiger charge is 2.19. The summed E-state index contributed by atoms with van der Waals surface area (Å²) in [4.78, 5) is 12.0. The fraction of sp³-hybridized carbons (Fsp3) is 0.533. The van der Waals surface area contributed by atoms with E-state index < -0.39 is 10.0 Å². The largest absolute Gasteiger partial charge is 0.325 e. The van der Waals surface area contributed by atoms with Crippen LogP contribution in [-0.2, 0) is 14.8 Å². The second-order valence-electron chi connectivity index (χ2n) is 5.17. The number of carbonyl (C=O) groups is 1. The highest BCUT2D eigenvalue weighted by molar-refractivity contribution is 7.88. The lowest BCUT2D eigenvalue weighted by molar-refractivity contribution is -0.116. The van der Waals surface area contributed by atoms with E-state index in [1.807, 2.05) is 25.1 Å². The minimum Gasteiger partial charge on any atom is -0.325 e. The minimum absolute atomic E-state index is 0.142. The number of sulfonamides is 1. The minimum atomic E-state index is -3.37. The summed E-state index contributed by atoms with van der Waals surface area (Å²) in [5, 5.41) is 2.76. The molecule has 0 radical (unpaired) electrons. The summed E-state index contributed by atoms with van der Waals surface area (Å²) in [6.07, 6.45) is 3.86. The molecule has 1 aromatic rings. The van der Waals surface area contributed by atoms with Gasteiger partial charge in [-0.05, 0) is 25.0 Å². The van der Waals surface area contributed by atoms with Gasteiger partial charge in [0.2, 0.25) is 15.9 Å². The predicted molar refractivity (Wildman–Crippen MR) is 85.8 cm³/mol. The Morgan fingerprint density at radius 3 is 2.48 bits per heavy atom. The third-order valence-corrected chi connectivity index (χ3v) is 4.47. The van der Waals surface area contributed by atoms with Gasteiger partial charge in [0.25, 0.3) is 0 Å². The SMILES string of the molecule is CCCCCN(CC(=O)Nc1ccccc1C)S(C)(=O)=O. The lowest BCUT2D eigenvalue weighted by atomic mass is 10.2. The van der Waals surface area contributed by atoms with Crippen LogP contribution >= 0.6 is 0 Å². The molecule has 0 aliphatic rings. The molecule has 0 aromatic heterocycles. The van der Waals surface area contributed by atoms with Crippen molar-refractivity contribution in [2.75, 3.05) is 24.7 Å². The van der Waals surface area contributed by atoms with Crippen LogP contribution in [0.1, 0.15) is 31.7 Å². The van der Waals surface area contributed by atoms with Crippen LogP contribution in [0.2, 0.25) is 0 Å². The Kier molecular flexibility index (Phi) is 6.84. The molecule has 1 aromatic carbocycles. The molecule has 1 N–H and O–H groups in total. The second-order valence-corrected chi connectivity index (χ2v) is 7.15. The molecule has 1 rings (SSSR count). The van der Waals surface area contributed by atoms with E-state index in [2.05, 4.69) is 12.2 Å². The van der Waals surface area contributed by atoms with Crippen LogP contribution in [0.15, 0.2) is 24.3 Å². The number of para-hydroxylation sites is 1. The zero-order valence-electron chi connectivity index (χ0n) is 12.9. The first-order chi connectivity index (χ1) is 9.84. The Morgan fingerprint density at radius 1 is 1.24 bits per heavy atom. The van der Waals surface area contributed by atoms with Gasteiger partial charge in [0, 0.05) is 12.2 Å². The van der Waals surface area contributed by atoms with Crippen molar-refractivity contribution >= 4 is 21.6 Å². The van der Waals surface area contributed by atoms with Crippen molar-refractivity contribution in [2.24, 2.45) is 0 Å². The van der Waals surface area contributed by atoms with E-state index in [0.29, 0.717) is 12.2 Å². The average Bonchev–Trinajstić information content (AvgIpc) is 2.39. The van der Waals surface area contributed by atoms with Crippen LogP contribution in [0.5, 0.6) is 0 Å². The molecule has 0 unspecified atom stereocenters. The quantitative estimate of drug-likeness (QED) is 0.750. The van der Waals surface area contributed by atoms with Gasteiger partial charge in [-0.15, -0.1) is 0 Å². The van der Waals surface area contributed by atoms with Crippen LogP contribution < -0.4 is 5.32 Å². The van der Waals surface area contributed by atoms with Gasteiger partial charge in [0.1, 0.15) is 0 Å². The molecule has 21 heavy (non-hydrogen) atoms. The number of unbranched alkanes of at least 4 members (excludes halogenated alkanes) is 2. The molecule has 0 saturated carbocycles. The summed E-state index contributed by atoms with van der Waals surface area (Å²) < 4.78 is 24.7. The first kappa shape index (κ1) is 17.7. The van der Waals surface area contributed by atoms with E-state index >= 15 is 0 Å². The fourth-order valence-electron chi connectivity index (χ4n) is 1.96. The molecular weight excluding hydrogens is 288 g/mol. The smallest absolute Gasteiger partial charge is 0.239 e. The standard InChI is InChI=1S/C15H24N2O3S/c1-4-5-8-11-17(21(3,19)20)12-15(18)16-14-10-7-6-9-13(14)2/h6-7,9-10H,4-5,8,11-12H2,1-3H3,(H,16,18). The molecule has 6 heteroatoms. The molecular formula is C15H24N2O3S. The zero-order chi connectivity index (χ0) is 15.9. The van der Waals surface area contributed by atoms with E-state index in [1.54, 1.807) is 6.07 Å². The third kappa shape index (κ3) is 6.27. The van der Waals surface area contributed by atoms with E-state index in [-0.39, 0.29) is 12.5 Å². The first-order valence-corrected chi connectivity index (χ1v) is 9.00. The van der Waals surface area contributed by atoms with Gasteiger partial charge >= 0.3 is 0 Å². The van der Waals surface area contributed by atoms with Gasteiger partial charge in [0.05, 0.1) is 12.8 Å². The molecule has 0 heterocycles. The van der Waals surface area contributed by atoms with Gasteiger partial charge < -0.3 is 5.32 Å². The van der Waals surface area contributed by atoms with Crippen molar-refractivity contribution in [1.29, 1.82) is 0 Å². The van der Waals surface area contributed by atoms with Crippen molar-refractivity contribution < 1.29 is 13.2 Å². The zero-order valence-corrected chi connectivity index (χ0v) is 13.7. The number of anilines is 1. The molecule has 0 fully saturated rings. The number of carbonyl (C=O) groups excluding carboxylic acids is 1. The maximum absolute atomic E-state index is 12.0. The van der Waals surface area contributed by atoms with Crippen LogP contribution in [0.3, 0.4) is 0 Å². The fourth-order valence-corrected chi connectivity index (χ4v) is 2.78. The van der Waals surface area contributed by atoms with Crippen LogP contribution in [0.25, 0.3) is 0 Å². The third-order valence-electron chi connectivity index (χ3n) is 3.22. The maximum atomic E-state index is 12.0. The van der Waals surface area contributed by atoms with Crippen LogP contribution in [0.4, 0.5) is 5.69 Å². The number of amides is 1. The highest BCUT2D eigenvalue weighted by atomic mass is 32.2. The monoisotopic (exact) mass is 312 g/mol. The number of hydrogen-bond donors (Lipinski definition) is 1. The average molecular weight is 312 g/mol. The number of aryl methyl sites for hydroxylation is 1. The highest BCUT2D eigenvalue weighted by Crippen LogP contribution is 2.13. The van der Waals surface area contributed by atoms with E-state index in [1.165, 1.54) is 4.31 Å². The van der Waals surface area contributed by atoms with Crippen LogP contribution in [0, 0.1) is 6.92 Å². The summed E-state index contributed by atoms with van der Waals surface area (Å²) in [6.45, 7) is 4.19. The van der Waals surface area contributed by atoms with Gasteiger partial charge in [0.15, 0.2) is 0 Å². The number of nitrogens with one attached hydrogen (secondary N) is 1. The van der Waals surface area contributed by atoms with Crippen molar-refractivity contribution in [1.82, 2.24) is 4.31 Å². The molecule has 118 valence electrons. The number of hydrogen-bond acceptors (Lipinski definition) is 3. The van der Waals surface area contributed by atoms with Crippen molar-refractivity contribution in [3.05, 3.63) is 29.8 Å². The van der Waals surface area contributed by atoms with Crippen LogP contribution in [-0.4, -0.2) is 38.0 Å². The molecule has 5 nitrogen and oxygen atoms in total. The van der Waals surface area contributed by atoms with Gasteiger partial charge in [-0.25, -0.2) is 8.42 Å². The topological polar surface area (TPSA) is 66.5 Å². The van der Waals surface area contributed by atoms with Gasteiger partial charge in [-0.1, -0.05) is 38.0 Å². The normalized spacial score (nSPS) is 11.6. The molecule has 0 aliphatic heterocycles. The predicted octanol–water partition coefficient (Wildman–Crippen LogP) is 2.39. The molecule has 0 bridgehead atoms. The van der Waals surface area contributed by atoms with E-state index in [0.717, 1.165) is 31.1 Å². The summed E-state index contributed by atoms with van der Waals surface area (Å²) in [7, 11) is -3.37. The lowest BCUT2D eigenvalue weighted by Crippen LogP contribution is -2.38. The molecule has 0 aliphatic carbocycles. The van der Waals surface area contributed by atoms with Crippen molar-refractivity contribution in [3.8, 4) is 0 Å². The number of nitrogens with zero attached hydrogens (tertiary/aromatic N) is 1. The Hall–Kier alpha value is -1.40. The van der Waals surface area contributed by atoms with E-state index in [9.17, 15) is 13.2 Å². The summed E-state index contributed by atoms with van der Waals surface area (Å²) in [5.74, 6) is -0.314. The summed E-state index contributed by atoms with van der Waals surface area (Å²) >= 11 is 0. The number of benzene rings is 1. The number of rotatable bonds is 8. The Labute approximate surface area is 127 Å². The summed E-state index contributed by atoms with van der Waals surface area (Å²) in [6, 6.07) is 7.41. The molecule has 0 saturated heterocycles. The molecule has 0 atom stereocenters. The molecule has 1 amide bonds. The Bertz CT molecular complexity index is 570. The lowest BCUT2D eigenvalue weighted by Gasteiger charge is -2.19. The maximum Gasteiger partial charge on any atom is 0.239 e. The van der Waals surface area contributed by atoms with E-state index in [4.69, 9.17) is 0 Å². The van der Waals surface area contributed by atoms with Gasteiger partial charge in [-0.2, -0.15) is 4.31 Å². The van der Waals surface area contributed by atoms with Crippen molar-refractivity contribution in [2.45, 2.75) is 33.1 Å². The van der Waals surface area contributed by atoms with Gasteiger partial charge in [-0.3, -0.25) is 4.79 Å². The first-order valence-electron chi connectivity index (χ1n) is 7.15. The van der Waals surface area contributed by atoms with Crippen molar-refractivity contribution in [3.63, 3.8) is 0 Å².